The van der Waals surface area contributed by atoms with E-state index in [0.29, 0.717) is 5.69 Å². The Bertz CT molecular complexity index is 485. The van der Waals surface area contributed by atoms with Crippen LogP contribution in [0.1, 0.15) is 26.3 Å². The molecule has 3 nitrogen and oxygen atoms in total. The number of nitrogens with one attached hydrogen (secondary N) is 2. The summed E-state index contributed by atoms with van der Waals surface area (Å²) < 4.78 is 37.1. The number of rotatable bonds is 2. The van der Waals surface area contributed by atoms with E-state index in [2.05, 4.69) is 10.6 Å². The first-order valence-electron chi connectivity index (χ1n) is 6.00. The van der Waals surface area contributed by atoms with E-state index < -0.39 is 17.8 Å². The molecule has 0 aliphatic rings. The second-order valence-electron chi connectivity index (χ2n) is 5.37. The number of carbonyl (C=O) groups is 1. The van der Waals surface area contributed by atoms with Crippen molar-refractivity contribution in [3.63, 3.8) is 0 Å². The number of urea groups is 1. The molecule has 20 heavy (non-hydrogen) atoms. The highest BCUT2D eigenvalue weighted by molar-refractivity contribution is 5.89. The summed E-state index contributed by atoms with van der Waals surface area (Å²) in [6, 6.07) is 3.73. The van der Waals surface area contributed by atoms with Crippen LogP contribution < -0.4 is 10.6 Å². The standard InChI is InChI=1S/C14H17F3N2O/c1-13(2,3)8-9-18-12(20)19-11-6-4-10(5-7-11)14(15,16)17/h4-9H,1-3H3,(H2,18,19,20)/b9-8+. The molecule has 2 amide bonds. The lowest BCUT2D eigenvalue weighted by molar-refractivity contribution is -0.137. The summed E-state index contributed by atoms with van der Waals surface area (Å²) in [7, 11) is 0. The molecule has 1 rings (SSSR count). The van der Waals surface area contributed by atoms with Crippen LogP contribution in [0.15, 0.2) is 36.5 Å². The van der Waals surface area contributed by atoms with Gasteiger partial charge in [0.2, 0.25) is 0 Å². The van der Waals surface area contributed by atoms with E-state index in [1.54, 1.807) is 6.08 Å². The Morgan fingerprint density at radius 2 is 1.65 bits per heavy atom. The van der Waals surface area contributed by atoms with Crippen molar-refractivity contribution in [3.05, 3.63) is 42.1 Å². The van der Waals surface area contributed by atoms with Gasteiger partial charge in [0, 0.05) is 11.9 Å². The zero-order chi connectivity index (χ0) is 15.4. The molecule has 0 bridgehead atoms. The third-order valence-corrected chi connectivity index (χ3v) is 2.27. The van der Waals surface area contributed by atoms with Crippen LogP contribution in [0, 0.1) is 5.41 Å². The van der Waals surface area contributed by atoms with Gasteiger partial charge in [-0.3, -0.25) is 0 Å². The molecule has 110 valence electrons. The van der Waals surface area contributed by atoms with Crippen molar-refractivity contribution >= 4 is 11.7 Å². The third kappa shape index (κ3) is 5.77. The van der Waals surface area contributed by atoms with Gasteiger partial charge in [-0.2, -0.15) is 13.2 Å². The van der Waals surface area contributed by atoms with Crippen LogP contribution in [0.3, 0.4) is 0 Å². The minimum atomic E-state index is -4.38. The predicted octanol–water partition coefficient (Wildman–Crippen LogP) is 4.39. The molecule has 0 heterocycles. The van der Waals surface area contributed by atoms with Gasteiger partial charge < -0.3 is 10.6 Å². The second-order valence-corrected chi connectivity index (χ2v) is 5.37. The normalized spacial score (nSPS) is 12.5. The van der Waals surface area contributed by atoms with Crippen molar-refractivity contribution in [2.75, 3.05) is 5.32 Å². The van der Waals surface area contributed by atoms with Gasteiger partial charge in [-0.05, 0) is 29.7 Å². The average molecular weight is 286 g/mol. The Morgan fingerprint density at radius 3 is 2.10 bits per heavy atom. The number of halogens is 3. The Morgan fingerprint density at radius 1 is 1.10 bits per heavy atom. The number of hydrogen-bond acceptors (Lipinski definition) is 1. The molecular weight excluding hydrogens is 269 g/mol. The van der Waals surface area contributed by atoms with Gasteiger partial charge in [-0.25, -0.2) is 4.79 Å². The third-order valence-electron chi connectivity index (χ3n) is 2.27. The van der Waals surface area contributed by atoms with Crippen molar-refractivity contribution in [2.45, 2.75) is 26.9 Å². The molecule has 0 saturated heterocycles. The lowest BCUT2D eigenvalue weighted by Crippen LogP contribution is -2.24. The second kappa shape index (κ2) is 5.98. The molecule has 0 aromatic heterocycles. The fraction of sp³-hybridized carbons (Fsp3) is 0.357. The smallest absolute Gasteiger partial charge is 0.315 e. The van der Waals surface area contributed by atoms with Gasteiger partial charge in [0.15, 0.2) is 0 Å². The van der Waals surface area contributed by atoms with Gasteiger partial charge in [-0.15, -0.1) is 0 Å². The van der Waals surface area contributed by atoms with E-state index in [1.165, 1.54) is 18.3 Å². The quantitative estimate of drug-likeness (QED) is 0.832. The van der Waals surface area contributed by atoms with Crippen LogP contribution in [0.5, 0.6) is 0 Å². The first-order valence-corrected chi connectivity index (χ1v) is 6.00. The lowest BCUT2D eigenvalue weighted by Gasteiger charge is -2.11. The maximum Gasteiger partial charge on any atom is 0.416 e. The summed E-state index contributed by atoms with van der Waals surface area (Å²) in [5, 5.41) is 4.92. The summed E-state index contributed by atoms with van der Waals surface area (Å²) in [6.07, 6.45) is -1.07. The SMILES string of the molecule is CC(C)(C)/C=C/NC(=O)Nc1ccc(C(F)(F)F)cc1. The molecule has 0 radical (unpaired) electrons. The van der Waals surface area contributed by atoms with Crippen molar-refractivity contribution < 1.29 is 18.0 Å². The van der Waals surface area contributed by atoms with E-state index in [0.717, 1.165) is 12.1 Å². The minimum absolute atomic E-state index is 0.0678. The van der Waals surface area contributed by atoms with E-state index in [4.69, 9.17) is 0 Å². The Labute approximate surface area is 115 Å². The number of benzene rings is 1. The summed E-state index contributed by atoms with van der Waals surface area (Å²) in [5.41, 5.74) is -0.530. The van der Waals surface area contributed by atoms with Gasteiger partial charge in [-0.1, -0.05) is 26.8 Å². The molecule has 0 fully saturated rings. The largest absolute Gasteiger partial charge is 0.416 e. The molecule has 0 unspecified atom stereocenters. The van der Waals surface area contributed by atoms with Crippen molar-refractivity contribution in [1.29, 1.82) is 0 Å². The number of amides is 2. The molecular formula is C14H17F3N2O. The molecule has 0 aliphatic carbocycles. The van der Waals surface area contributed by atoms with Crippen LogP contribution >= 0.6 is 0 Å². The van der Waals surface area contributed by atoms with E-state index in [-0.39, 0.29) is 5.41 Å². The summed E-state index contributed by atoms with van der Waals surface area (Å²) in [5.74, 6) is 0. The maximum absolute atomic E-state index is 12.4. The van der Waals surface area contributed by atoms with Crippen LogP contribution in [0.2, 0.25) is 0 Å². The van der Waals surface area contributed by atoms with Crippen molar-refractivity contribution in [2.24, 2.45) is 5.41 Å². The van der Waals surface area contributed by atoms with Crippen LogP contribution in [0.25, 0.3) is 0 Å². The highest BCUT2D eigenvalue weighted by atomic mass is 19.4. The Balaban J connectivity index is 2.57. The van der Waals surface area contributed by atoms with Crippen LogP contribution in [0.4, 0.5) is 23.7 Å². The van der Waals surface area contributed by atoms with E-state index in [1.807, 2.05) is 20.8 Å². The monoisotopic (exact) mass is 286 g/mol. The molecule has 1 aromatic carbocycles. The van der Waals surface area contributed by atoms with Gasteiger partial charge in [0.25, 0.3) is 0 Å². The average Bonchev–Trinajstić information content (AvgIpc) is 2.26. The minimum Gasteiger partial charge on any atom is -0.315 e. The summed E-state index contributed by atoms with van der Waals surface area (Å²) >= 11 is 0. The first kappa shape index (κ1) is 16.1. The number of carbonyl (C=O) groups excluding carboxylic acids is 1. The zero-order valence-electron chi connectivity index (χ0n) is 11.5. The summed E-state index contributed by atoms with van der Waals surface area (Å²) in [4.78, 5) is 11.5. The predicted molar refractivity (Wildman–Crippen MR) is 72.2 cm³/mol. The maximum atomic E-state index is 12.4. The molecule has 6 heteroatoms. The van der Waals surface area contributed by atoms with E-state index in [9.17, 15) is 18.0 Å². The topological polar surface area (TPSA) is 41.1 Å². The van der Waals surface area contributed by atoms with Gasteiger partial charge >= 0.3 is 12.2 Å². The van der Waals surface area contributed by atoms with E-state index >= 15 is 0 Å². The molecule has 0 atom stereocenters. The molecule has 0 spiro atoms. The fourth-order valence-corrected chi connectivity index (χ4v) is 1.28. The number of alkyl halides is 3. The molecule has 2 N–H and O–H groups in total. The lowest BCUT2D eigenvalue weighted by atomic mass is 9.97. The van der Waals surface area contributed by atoms with Crippen molar-refractivity contribution in [3.8, 4) is 0 Å². The van der Waals surface area contributed by atoms with Gasteiger partial charge in [0.05, 0.1) is 5.56 Å². The Kier molecular flexibility index (Phi) is 4.81. The summed E-state index contributed by atoms with van der Waals surface area (Å²) in [6.45, 7) is 5.91. The number of anilines is 1. The van der Waals surface area contributed by atoms with Crippen LogP contribution in [-0.4, -0.2) is 6.03 Å². The number of allylic oxidation sites excluding steroid dienone is 1. The first-order chi connectivity index (χ1) is 9.08. The Hall–Kier alpha value is -1.98. The number of hydrogen-bond donors (Lipinski definition) is 2. The molecule has 0 aliphatic heterocycles. The highest BCUT2D eigenvalue weighted by Crippen LogP contribution is 2.29. The van der Waals surface area contributed by atoms with Crippen LogP contribution in [-0.2, 0) is 6.18 Å². The molecule has 0 saturated carbocycles. The van der Waals surface area contributed by atoms with Gasteiger partial charge in [0.1, 0.15) is 0 Å². The van der Waals surface area contributed by atoms with Crippen molar-refractivity contribution in [1.82, 2.24) is 5.32 Å². The highest BCUT2D eigenvalue weighted by Gasteiger charge is 2.29. The fourth-order valence-electron chi connectivity index (χ4n) is 1.28. The zero-order valence-corrected chi connectivity index (χ0v) is 11.5. The molecule has 1 aromatic rings.